The number of allylic oxidation sites excluding steroid dienone is 1. The summed E-state index contributed by atoms with van der Waals surface area (Å²) >= 11 is 1.51. The summed E-state index contributed by atoms with van der Waals surface area (Å²) < 4.78 is 11.7. The van der Waals surface area contributed by atoms with Crippen molar-refractivity contribution in [1.82, 2.24) is 4.57 Å². The number of hydrogen-bond donors (Lipinski definition) is 0. The van der Waals surface area contributed by atoms with Gasteiger partial charge in [-0.2, -0.15) is 4.57 Å². The summed E-state index contributed by atoms with van der Waals surface area (Å²) in [5.74, 6) is 1.58. The number of anilines is 1. The highest BCUT2D eigenvalue weighted by atomic mass is 32.1. The van der Waals surface area contributed by atoms with Crippen LogP contribution >= 0.6 is 11.3 Å². The molecule has 1 aliphatic heterocycles. The molecule has 5 nitrogen and oxygen atoms in total. The van der Waals surface area contributed by atoms with Gasteiger partial charge in [-0.1, -0.05) is 23.8 Å². The second-order valence-corrected chi connectivity index (χ2v) is 9.43. The summed E-state index contributed by atoms with van der Waals surface area (Å²) in [4.78, 5) is 15.3. The Kier molecular flexibility index (Phi) is 5.84. The first-order chi connectivity index (χ1) is 16.5. The second kappa shape index (κ2) is 8.95. The van der Waals surface area contributed by atoms with Gasteiger partial charge < -0.3 is 9.64 Å². The number of fused-ring (bicyclic) bond motifs is 2. The summed E-state index contributed by atoms with van der Waals surface area (Å²) in [7, 11) is 2.07. The summed E-state index contributed by atoms with van der Waals surface area (Å²) in [6, 6.07) is 18.7. The lowest BCUT2D eigenvalue weighted by atomic mass is 10.1. The van der Waals surface area contributed by atoms with Crippen molar-refractivity contribution in [3.8, 4) is 5.75 Å². The average molecular weight is 471 g/mol. The zero-order chi connectivity index (χ0) is 23.8. The lowest BCUT2D eigenvalue weighted by Crippen LogP contribution is -2.35. The van der Waals surface area contributed by atoms with Crippen LogP contribution in [0.3, 0.4) is 0 Å². The normalized spacial score (nSPS) is 15.4. The number of nitrogens with zero attached hydrogens (tertiary/aromatic N) is 3. The van der Waals surface area contributed by atoms with Gasteiger partial charge in [0.05, 0.1) is 10.2 Å². The fourth-order valence-electron chi connectivity index (χ4n) is 4.42. The van der Waals surface area contributed by atoms with E-state index in [1.807, 2.05) is 47.9 Å². The van der Waals surface area contributed by atoms with Crippen LogP contribution in [0.25, 0.3) is 23.1 Å². The Morgan fingerprint density at radius 3 is 2.65 bits per heavy atom. The van der Waals surface area contributed by atoms with E-state index in [1.165, 1.54) is 22.3 Å². The first-order valence-electron chi connectivity index (χ1n) is 11.6. The van der Waals surface area contributed by atoms with Crippen molar-refractivity contribution in [3.05, 3.63) is 97.4 Å². The fourth-order valence-corrected chi connectivity index (χ4v) is 5.48. The van der Waals surface area contributed by atoms with Gasteiger partial charge in [0, 0.05) is 42.8 Å². The standard InChI is InChI=1S/C28H28N3O2S/c1-5-30-23-9-7-8-10-24(23)33-26(30)16-15-25-28(32)31(6-2)27(34-25)18-21-13-12-20-17-19(3)11-14-22(20)29(21)4/h7-18H,5-6H2,1-4H3/q+1/b25-15+,26-16-. The molecule has 0 saturated carbocycles. The molecular weight excluding hydrogens is 442 g/mol. The number of aromatic nitrogens is 2. The third-order valence-corrected chi connectivity index (χ3v) is 7.30. The molecule has 0 amide bonds. The molecule has 5 rings (SSSR count). The van der Waals surface area contributed by atoms with Crippen molar-refractivity contribution in [2.75, 3.05) is 11.4 Å². The van der Waals surface area contributed by atoms with E-state index >= 15 is 0 Å². The Hall–Kier alpha value is -3.64. The molecule has 0 fully saturated rings. The maximum absolute atomic E-state index is 13.2. The summed E-state index contributed by atoms with van der Waals surface area (Å²) in [5, 5.41) is 1.21. The van der Waals surface area contributed by atoms with Crippen LogP contribution in [0.4, 0.5) is 5.69 Å². The molecule has 0 atom stereocenters. The van der Waals surface area contributed by atoms with E-state index in [1.54, 1.807) is 0 Å². The van der Waals surface area contributed by atoms with Crippen molar-refractivity contribution < 1.29 is 9.30 Å². The van der Waals surface area contributed by atoms with Crippen LogP contribution in [0.2, 0.25) is 0 Å². The molecule has 34 heavy (non-hydrogen) atoms. The molecule has 0 bridgehead atoms. The zero-order valence-corrected chi connectivity index (χ0v) is 20.7. The van der Waals surface area contributed by atoms with Crippen LogP contribution in [-0.2, 0) is 13.6 Å². The van der Waals surface area contributed by atoms with Crippen molar-refractivity contribution in [2.24, 2.45) is 7.05 Å². The molecule has 6 heteroatoms. The average Bonchev–Trinajstić information content (AvgIpc) is 3.35. The number of para-hydroxylation sites is 2. The third kappa shape index (κ3) is 3.84. The molecule has 3 heterocycles. The van der Waals surface area contributed by atoms with E-state index < -0.39 is 0 Å². The molecule has 2 aromatic carbocycles. The van der Waals surface area contributed by atoms with E-state index in [2.05, 4.69) is 66.8 Å². The molecule has 172 valence electrons. The number of aryl methyl sites for hydroxylation is 2. The van der Waals surface area contributed by atoms with Crippen LogP contribution in [-0.4, -0.2) is 11.1 Å². The van der Waals surface area contributed by atoms with Crippen LogP contribution in [0, 0.1) is 6.92 Å². The van der Waals surface area contributed by atoms with Crippen molar-refractivity contribution >= 4 is 40.1 Å². The lowest BCUT2D eigenvalue weighted by Gasteiger charge is -2.14. The third-order valence-electron chi connectivity index (χ3n) is 6.22. The van der Waals surface area contributed by atoms with Gasteiger partial charge in [0.25, 0.3) is 5.56 Å². The summed E-state index contributed by atoms with van der Waals surface area (Å²) in [5.41, 5.74) is 4.53. The van der Waals surface area contributed by atoms with Gasteiger partial charge in [-0.3, -0.25) is 9.36 Å². The largest absolute Gasteiger partial charge is 0.439 e. The van der Waals surface area contributed by atoms with E-state index in [-0.39, 0.29) is 5.56 Å². The number of benzene rings is 2. The van der Waals surface area contributed by atoms with Gasteiger partial charge in [0.2, 0.25) is 17.1 Å². The van der Waals surface area contributed by atoms with Crippen LogP contribution in [0.5, 0.6) is 5.75 Å². The Balaban J connectivity index is 1.59. The van der Waals surface area contributed by atoms with E-state index in [0.29, 0.717) is 11.1 Å². The molecule has 1 aliphatic rings. The van der Waals surface area contributed by atoms with Crippen LogP contribution in [0.1, 0.15) is 25.1 Å². The minimum Gasteiger partial charge on any atom is -0.439 e. The van der Waals surface area contributed by atoms with Gasteiger partial charge in [0.15, 0.2) is 5.75 Å². The first-order valence-corrected chi connectivity index (χ1v) is 12.4. The Labute approximate surface area is 202 Å². The number of ether oxygens (including phenoxy) is 1. The second-order valence-electron chi connectivity index (χ2n) is 8.36. The van der Waals surface area contributed by atoms with Gasteiger partial charge in [-0.15, -0.1) is 11.3 Å². The Morgan fingerprint density at radius 1 is 1.03 bits per heavy atom. The molecule has 0 saturated heterocycles. The highest BCUT2D eigenvalue weighted by Gasteiger charge is 2.23. The monoisotopic (exact) mass is 470 g/mol. The topological polar surface area (TPSA) is 38.4 Å². The molecule has 0 radical (unpaired) electrons. The van der Waals surface area contributed by atoms with Crippen LogP contribution < -0.4 is 29.0 Å². The molecule has 0 unspecified atom stereocenters. The molecule has 0 spiro atoms. The molecular formula is C28H28N3O2S+. The maximum atomic E-state index is 13.2. The van der Waals surface area contributed by atoms with Crippen molar-refractivity contribution in [2.45, 2.75) is 27.3 Å². The summed E-state index contributed by atoms with van der Waals surface area (Å²) in [6.45, 7) is 7.61. The molecule has 2 aromatic heterocycles. The van der Waals surface area contributed by atoms with Gasteiger partial charge >= 0.3 is 0 Å². The molecule has 4 aromatic rings. The fraction of sp³-hybridized carbons (Fsp3) is 0.214. The van der Waals surface area contributed by atoms with E-state index in [9.17, 15) is 4.79 Å². The summed E-state index contributed by atoms with van der Waals surface area (Å²) in [6.07, 6.45) is 5.88. The highest BCUT2D eigenvalue weighted by molar-refractivity contribution is 7.07. The minimum atomic E-state index is 0.0215. The maximum Gasteiger partial charge on any atom is 0.269 e. The number of hydrogen-bond acceptors (Lipinski definition) is 4. The molecule has 0 N–H and O–H groups in total. The SMILES string of the molecule is CCN1/C(=C/C=c2/sc(=Cc3ccc4cc(C)ccc4[n+]3C)n(CC)c2=O)Oc2ccccc21. The van der Waals surface area contributed by atoms with Crippen molar-refractivity contribution in [1.29, 1.82) is 0 Å². The molecule has 0 aliphatic carbocycles. The smallest absolute Gasteiger partial charge is 0.269 e. The predicted octanol–water partition coefficient (Wildman–Crippen LogP) is 3.59. The quantitative estimate of drug-likeness (QED) is 0.428. The highest BCUT2D eigenvalue weighted by Crippen LogP contribution is 2.38. The van der Waals surface area contributed by atoms with E-state index in [0.717, 1.165) is 39.7 Å². The van der Waals surface area contributed by atoms with Crippen LogP contribution in [0.15, 0.2) is 71.4 Å². The van der Waals surface area contributed by atoms with E-state index in [4.69, 9.17) is 4.74 Å². The number of pyridine rings is 1. The van der Waals surface area contributed by atoms with Gasteiger partial charge in [-0.05, 0) is 51.1 Å². The Morgan fingerprint density at radius 2 is 1.85 bits per heavy atom. The number of rotatable bonds is 4. The van der Waals surface area contributed by atoms with Gasteiger partial charge in [-0.25, -0.2) is 0 Å². The van der Waals surface area contributed by atoms with Crippen molar-refractivity contribution in [3.63, 3.8) is 0 Å². The van der Waals surface area contributed by atoms with Gasteiger partial charge in [0.1, 0.15) is 11.7 Å². The lowest BCUT2D eigenvalue weighted by molar-refractivity contribution is -0.646. The first kappa shape index (κ1) is 22.2. The Bertz CT molecular complexity index is 1610. The predicted molar refractivity (Wildman–Crippen MR) is 140 cm³/mol. The minimum absolute atomic E-state index is 0.0215. The number of thiazole rings is 1. The zero-order valence-electron chi connectivity index (χ0n) is 19.9.